The molecule has 0 bridgehead atoms. The van der Waals surface area contributed by atoms with Crippen molar-refractivity contribution in [1.82, 2.24) is 5.06 Å². The number of thioether (sulfide) groups is 1. The molecule has 1 heterocycles. The van der Waals surface area contributed by atoms with Crippen molar-refractivity contribution in [3.8, 4) is 0 Å². The molecular weight excluding hydrogens is 214 g/mol. The molecule has 1 aliphatic rings. The Morgan fingerprint density at radius 3 is 2.93 bits per heavy atom. The first kappa shape index (κ1) is 12.3. The summed E-state index contributed by atoms with van der Waals surface area (Å²) in [4.78, 5) is 5.47. The van der Waals surface area contributed by atoms with Gasteiger partial charge in [0.05, 0.1) is 6.61 Å². The molecule has 4 heteroatoms. The molecule has 1 saturated heterocycles. The molecule has 0 radical (unpaired) electrons. The van der Waals surface area contributed by atoms with E-state index in [0.29, 0.717) is 0 Å². The second kappa shape index (κ2) is 7.49. The topological polar surface area (TPSA) is 12.5 Å². The van der Waals surface area contributed by atoms with E-state index in [4.69, 9.17) is 17.1 Å². The van der Waals surface area contributed by atoms with E-state index in [1.165, 1.54) is 32.1 Å². The zero-order valence-corrected chi connectivity index (χ0v) is 10.5. The maximum absolute atomic E-state index is 5.47. The Morgan fingerprint density at radius 1 is 1.43 bits per heavy atom. The van der Waals surface area contributed by atoms with Gasteiger partial charge in [0, 0.05) is 12.3 Å². The summed E-state index contributed by atoms with van der Waals surface area (Å²) in [6, 6.07) is 0. The van der Waals surface area contributed by atoms with Crippen LogP contribution in [0.25, 0.3) is 0 Å². The molecular formula is C10H19NOS2. The lowest BCUT2D eigenvalue weighted by molar-refractivity contribution is -0.118. The minimum absolute atomic E-state index is 0.829. The first-order chi connectivity index (χ1) is 6.84. The van der Waals surface area contributed by atoms with Gasteiger partial charge in [-0.25, -0.2) is 5.06 Å². The first-order valence-electron chi connectivity index (χ1n) is 5.42. The van der Waals surface area contributed by atoms with Gasteiger partial charge in [-0.15, -0.1) is 0 Å². The zero-order chi connectivity index (χ0) is 10.2. The lowest BCUT2D eigenvalue weighted by Gasteiger charge is -2.27. The number of unbranched alkanes of at least 4 members (excludes halogenated alkanes) is 2. The van der Waals surface area contributed by atoms with Gasteiger partial charge in [0.15, 0.2) is 4.32 Å². The van der Waals surface area contributed by atoms with Crippen molar-refractivity contribution in [1.29, 1.82) is 0 Å². The van der Waals surface area contributed by atoms with E-state index in [9.17, 15) is 0 Å². The van der Waals surface area contributed by atoms with Crippen molar-refractivity contribution < 1.29 is 4.84 Å². The van der Waals surface area contributed by atoms with Gasteiger partial charge < -0.3 is 0 Å². The molecule has 0 aromatic heterocycles. The number of thiocarbonyl (C=S) groups is 1. The standard InChI is InChI=1S/C10H19NOS2/c1-2-3-6-9-14-10(13)11-7-4-5-8-12-11/h2-9H2,1H3. The highest BCUT2D eigenvalue weighted by molar-refractivity contribution is 8.22. The van der Waals surface area contributed by atoms with Crippen LogP contribution in [0.15, 0.2) is 0 Å². The Labute approximate surface area is 96.3 Å². The van der Waals surface area contributed by atoms with Crippen LogP contribution in [0.2, 0.25) is 0 Å². The van der Waals surface area contributed by atoms with E-state index in [2.05, 4.69) is 6.92 Å². The van der Waals surface area contributed by atoms with E-state index in [1.54, 1.807) is 11.8 Å². The monoisotopic (exact) mass is 233 g/mol. The SMILES string of the molecule is CCCCCSC(=S)N1CCCCO1. The summed E-state index contributed by atoms with van der Waals surface area (Å²) in [5.74, 6) is 1.13. The smallest absolute Gasteiger partial charge is 0.160 e. The highest BCUT2D eigenvalue weighted by atomic mass is 32.2. The zero-order valence-electron chi connectivity index (χ0n) is 8.83. The molecule has 0 atom stereocenters. The van der Waals surface area contributed by atoms with Gasteiger partial charge >= 0.3 is 0 Å². The van der Waals surface area contributed by atoms with Crippen molar-refractivity contribution in [2.45, 2.75) is 39.0 Å². The maximum atomic E-state index is 5.47. The van der Waals surface area contributed by atoms with Gasteiger partial charge in [-0.1, -0.05) is 43.7 Å². The molecule has 0 saturated carbocycles. The van der Waals surface area contributed by atoms with Crippen molar-refractivity contribution in [3.63, 3.8) is 0 Å². The molecule has 0 spiro atoms. The van der Waals surface area contributed by atoms with Crippen LogP contribution in [0, 0.1) is 0 Å². The Morgan fingerprint density at radius 2 is 2.29 bits per heavy atom. The fourth-order valence-corrected chi connectivity index (χ4v) is 2.53. The van der Waals surface area contributed by atoms with Crippen molar-refractivity contribution in [3.05, 3.63) is 0 Å². The van der Waals surface area contributed by atoms with Crippen LogP contribution in [-0.4, -0.2) is 28.3 Å². The molecule has 0 amide bonds. The Bertz CT molecular complexity index is 170. The molecule has 1 aliphatic heterocycles. The van der Waals surface area contributed by atoms with Crippen LogP contribution in [0.3, 0.4) is 0 Å². The normalized spacial score (nSPS) is 17.1. The fraction of sp³-hybridized carbons (Fsp3) is 0.900. The van der Waals surface area contributed by atoms with Crippen molar-refractivity contribution in [2.24, 2.45) is 0 Å². The molecule has 14 heavy (non-hydrogen) atoms. The molecule has 0 unspecified atom stereocenters. The lowest BCUT2D eigenvalue weighted by Crippen LogP contribution is -2.33. The largest absolute Gasteiger partial charge is 0.272 e. The van der Waals surface area contributed by atoms with Crippen LogP contribution in [0.5, 0.6) is 0 Å². The number of hydrogen-bond donors (Lipinski definition) is 0. The molecule has 2 nitrogen and oxygen atoms in total. The summed E-state index contributed by atoms with van der Waals surface area (Å²) in [5, 5.41) is 1.88. The average molecular weight is 233 g/mol. The van der Waals surface area contributed by atoms with Crippen molar-refractivity contribution in [2.75, 3.05) is 18.9 Å². The predicted octanol–water partition coefficient (Wildman–Crippen LogP) is 3.22. The fourth-order valence-electron chi connectivity index (χ4n) is 1.32. The van der Waals surface area contributed by atoms with Crippen LogP contribution >= 0.6 is 24.0 Å². The van der Waals surface area contributed by atoms with Gasteiger partial charge in [0.1, 0.15) is 0 Å². The van der Waals surface area contributed by atoms with Gasteiger partial charge in [-0.2, -0.15) is 0 Å². The van der Waals surface area contributed by atoms with E-state index in [1.807, 2.05) is 5.06 Å². The summed E-state index contributed by atoms with van der Waals surface area (Å²) in [5.41, 5.74) is 0. The first-order valence-corrected chi connectivity index (χ1v) is 6.81. The van der Waals surface area contributed by atoms with Crippen LogP contribution < -0.4 is 0 Å². The molecule has 0 aliphatic carbocycles. The summed E-state index contributed by atoms with van der Waals surface area (Å²) in [6.07, 6.45) is 6.20. The van der Waals surface area contributed by atoms with Crippen LogP contribution in [0.1, 0.15) is 39.0 Å². The van der Waals surface area contributed by atoms with Gasteiger partial charge in [-0.3, -0.25) is 4.84 Å². The Balaban J connectivity index is 2.07. The molecule has 1 fully saturated rings. The van der Waals surface area contributed by atoms with E-state index < -0.39 is 0 Å². The Kier molecular flexibility index (Phi) is 6.56. The third kappa shape index (κ3) is 4.62. The molecule has 82 valence electrons. The minimum atomic E-state index is 0.829. The van der Waals surface area contributed by atoms with E-state index in [0.717, 1.165) is 23.2 Å². The van der Waals surface area contributed by atoms with Gasteiger partial charge in [0.2, 0.25) is 0 Å². The molecule has 1 rings (SSSR count). The summed E-state index contributed by atoms with van der Waals surface area (Å²) >= 11 is 7.04. The molecule has 0 aromatic carbocycles. The van der Waals surface area contributed by atoms with Crippen LogP contribution in [-0.2, 0) is 4.84 Å². The second-order valence-electron chi connectivity index (χ2n) is 3.46. The summed E-state index contributed by atoms with van der Waals surface area (Å²) in [7, 11) is 0. The minimum Gasteiger partial charge on any atom is -0.272 e. The number of hydrogen-bond acceptors (Lipinski definition) is 3. The summed E-state index contributed by atoms with van der Waals surface area (Å²) in [6.45, 7) is 4.02. The third-order valence-corrected chi connectivity index (χ3v) is 3.68. The lowest BCUT2D eigenvalue weighted by atomic mass is 10.3. The van der Waals surface area contributed by atoms with Crippen molar-refractivity contribution >= 4 is 28.3 Å². The highest BCUT2D eigenvalue weighted by Gasteiger charge is 2.14. The predicted molar refractivity (Wildman–Crippen MR) is 66.5 cm³/mol. The third-order valence-electron chi connectivity index (χ3n) is 2.18. The molecule has 0 aromatic rings. The number of hydroxylamine groups is 2. The van der Waals surface area contributed by atoms with E-state index >= 15 is 0 Å². The second-order valence-corrected chi connectivity index (χ2v) is 5.19. The quantitative estimate of drug-likeness (QED) is 0.546. The van der Waals surface area contributed by atoms with Gasteiger partial charge in [0.25, 0.3) is 0 Å². The summed E-state index contributed by atoms with van der Waals surface area (Å²) < 4.78 is 0.917. The number of nitrogens with zero attached hydrogens (tertiary/aromatic N) is 1. The number of rotatable bonds is 4. The molecule has 0 N–H and O–H groups in total. The highest BCUT2D eigenvalue weighted by Crippen LogP contribution is 2.16. The van der Waals surface area contributed by atoms with Gasteiger partial charge in [-0.05, 0) is 19.3 Å². The average Bonchev–Trinajstić information content (AvgIpc) is 2.25. The van der Waals surface area contributed by atoms with Crippen LogP contribution in [0.4, 0.5) is 0 Å². The Hall–Kier alpha value is 0.200. The maximum Gasteiger partial charge on any atom is 0.160 e. The van der Waals surface area contributed by atoms with E-state index in [-0.39, 0.29) is 0 Å².